The van der Waals surface area contributed by atoms with Crippen molar-refractivity contribution >= 4 is 29.3 Å². The van der Waals surface area contributed by atoms with Crippen molar-refractivity contribution in [3.8, 4) is 17.0 Å². The van der Waals surface area contributed by atoms with Crippen molar-refractivity contribution in [1.29, 1.82) is 0 Å². The van der Waals surface area contributed by atoms with Crippen LogP contribution in [0.1, 0.15) is 5.69 Å². The van der Waals surface area contributed by atoms with Crippen LogP contribution in [0.3, 0.4) is 0 Å². The minimum atomic E-state index is -0.356. The highest BCUT2D eigenvalue weighted by Gasteiger charge is 2.17. The molecular weight excluding hydrogens is 483 g/mol. The van der Waals surface area contributed by atoms with Crippen LogP contribution in [0.2, 0.25) is 0 Å². The van der Waals surface area contributed by atoms with Gasteiger partial charge in [0.15, 0.2) is 18.4 Å². The summed E-state index contributed by atoms with van der Waals surface area (Å²) < 4.78 is 20.3. The Kier molecular flexibility index (Phi) is 7.50. The standard InChI is InChI=1S/C28H31FN8O/c1-19-13-21-14-22(15-23(29)28(21)32-19)38-18-31-27(37-11-9-36(3)10-12-37)17-25(30-2)33-26-16-24(34-35-26)20-7-5-4-6-8-20/h4-8,13-17,32H,2,9-12,18H2,1,3H3,(H2,33,34,35)/b25-17+,31-27+. The molecule has 0 amide bonds. The second-order valence-electron chi connectivity index (χ2n) is 9.25. The number of hydrogen-bond acceptors (Lipinski definition) is 6. The second kappa shape index (κ2) is 11.3. The summed E-state index contributed by atoms with van der Waals surface area (Å²) in [5, 5.41) is 11.4. The first kappa shape index (κ1) is 25.2. The van der Waals surface area contributed by atoms with Crippen LogP contribution in [-0.2, 0) is 0 Å². The maximum Gasteiger partial charge on any atom is 0.181 e. The Morgan fingerprint density at radius 3 is 2.71 bits per heavy atom. The van der Waals surface area contributed by atoms with Gasteiger partial charge in [0.25, 0.3) is 0 Å². The Hall–Kier alpha value is -4.44. The largest absolute Gasteiger partial charge is 0.471 e. The second-order valence-corrected chi connectivity index (χ2v) is 9.25. The normalized spacial score (nSPS) is 15.2. The van der Waals surface area contributed by atoms with Gasteiger partial charge in [-0.2, -0.15) is 5.10 Å². The van der Waals surface area contributed by atoms with E-state index in [1.165, 1.54) is 6.07 Å². The first-order valence-electron chi connectivity index (χ1n) is 12.4. The van der Waals surface area contributed by atoms with Crippen LogP contribution in [-0.4, -0.2) is 77.5 Å². The summed E-state index contributed by atoms with van der Waals surface area (Å²) in [6.45, 7) is 9.07. The minimum absolute atomic E-state index is 0.0253. The van der Waals surface area contributed by atoms with Crippen LogP contribution < -0.4 is 10.1 Å². The number of anilines is 1. The Labute approximate surface area is 220 Å². The van der Waals surface area contributed by atoms with Crippen LogP contribution in [0.4, 0.5) is 10.2 Å². The number of piperazine rings is 1. The number of benzene rings is 2. The number of aromatic nitrogens is 3. The third-order valence-corrected chi connectivity index (χ3v) is 6.43. The topological polar surface area (TPSA) is 96.9 Å². The predicted octanol–water partition coefficient (Wildman–Crippen LogP) is 4.64. The maximum atomic E-state index is 14.5. The zero-order valence-corrected chi connectivity index (χ0v) is 21.5. The number of likely N-dealkylation sites (N-methyl/N-ethyl adjacent to an activating group) is 1. The number of nitrogens with one attached hydrogen (secondary N) is 3. The number of halogens is 1. The summed E-state index contributed by atoms with van der Waals surface area (Å²) in [5.74, 6) is 1.88. The van der Waals surface area contributed by atoms with E-state index >= 15 is 0 Å². The molecule has 3 heterocycles. The van der Waals surface area contributed by atoms with Crippen LogP contribution in [0.25, 0.3) is 22.2 Å². The van der Waals surface area contributed by atoms with Gasteiger partial charge in [0, 0.05) is 55.5 Å². The monoisotopic (exact) mass is 514 g/mol. The van der Waals surface area contributed by atoms with Crippen molar-refractivity contribution in [1.82, 2.24) is 25.0 Å². The highest BCUT2D eigenvalue weighted by Crippen LogP contribution is 2.25. The van der Waals surface area contributed by atoms with Gasteiger partial charge in [0.1, 0.15) is 17.4 Å². The Bertz CT molecular complexity index is 1460. The number of amidine groups is 1. The van der Waals surface area contributed by atoms with Crippen LogP contribution in [0, 0.1) is 12.7 Å². The third-order valence-electron chi connectivity index (χ3n) is 6.43. The smallest absolute Gasteiger partial charge is 0.181 e. The number of nitrogens with zero attached hydrogens (tertiary/aromatic N) is 5. The van der Waals surface area contributed by atoms with Crippen LogP contribution in [0.15, 0.2) is 76.5 Å². The lowest BCUT2D eigenvalue weighted by molar-refractivity contribution is 0.214. The van der Waals surface area contributed by atoms with E-state index < -0.39 is 0 Å². The molecule has 3 N–H and O–H groups in total. The van der Waals surface area contributed by atoms with E-state index in [-0.39, 0.29) is 12.5 Å². The number of ether oxygens (including phenoxy) is 1. The molecule has 2 aromatic carbocycles. The van der Waals surface area contributed by atoms with Crippen molar-refractivity contribution in [3.63, 3.8) is 0 Å². The highest BCUT2D eigenvalue weighted by molar-refractivity contribution is 5.94. The van der Waals surface area contributed by atoms with Crippen molar-refractivity contribution in [3.05, 3.63) is 78.0 Å². The quantitative estimate of drug-likeness (QED) is 0.235. The van der Waals surface area contributed by atoms with Gasteiger partial charge in [-0.15, -0.1) is 0 Å². The van der Waals surface area contributed by atoms with E-state index in [0.29, 0.717) is 28.7 Å². The Morgan fingerprint density at radius 2 is 1.95 bits per heavy atom. The molecule has 10 heteroatoms. The number of aromatic amines is 2. The fraction of sp³-hybridized carbons (Fsp3) is 0.250. The number of aliphatic imine (C=N–C) groups is 2. The van der Waals surface area contributed by atoms with Crippen LogP contribution >= 0.6 is 0 Å². The molecule has 1 fully saturated rings. The molecule has 0 atom stereocenters. The summed E-state index contributed by atoms with van der Waals surface area (Å²) in [7, 11) is 2.10. The average molecular weight is 515 g/mol. The van der Waals surface area contributed by atoms with Crippen molar-refractivity contribution < 1.29 is 9.13 Å². The molecule has 2 aromatic heterocycles. The number of hydrogen-bond donors (Lipinski definition) is 3. The first-order valence-corrected chi connectivity index (χ1v) is 12.4. The summed E-state index contributed by atoms with van der Waals surface area (Å²) in [4.78, 5) is 16.3. The number of H-pyrrole nitrogens is 2. The molecule has 0 saturated carbocycles. The van der Waals surface area contributed by atoms with Crippen molar-refractivity contribution in [2.75, 3.05) is 45.3 Å². The molecule has 0 unspecified atom stereocenters. The molecule has 0 aliphatic carbocycles. The highest BCUT2D eigenvalue weighted by atomic mass is 19.1. The van der Waals surface area contributed by atoms with Gasteiger partial charge in [-0.05, 0) is 38.4 Å². The van der Waals surface area contributed by atoms with E-state index in [1.54, 1.807) is 0 Å². The lowest BCUT2D eigenvalue weighted by Crippen LogP contribution is -2.47. The van der Waals surface area contributed by atoms with Gasteiger partial charge in [0.2, 0.25) is 0 Å². The van der Waals surface area contributed by atoms with Gasteiger partial charge < -0.3 is 24.8 Å². The lowest BCUT2D eigenvalue weighted by atomic mass is 10.2. The SMILES string of the molecule is C=N/C(=C\C(=N/COc1cc(F)c2[nH]c(C)cc2c1)N1CCN(C)CC1)Nc1cc(-c2ccccc2)[nH]n1. The van der Waals surface area contributed by atoms with E-state index in [0.717, 1.165) is 48.5 Å². The fourth-order valence-corrected chi connectivity index (χ4v) is 4.37. The molecule has 0 radical (unpaired) electrons. The molecule has 196 valence electrons. The van der Waals surface area contributed by atoms with E-state index in [2.05, 4.69) is 49.1 Å². The summed E-state index contributed by atoms with van der Waals surface area (Å²) in [6.07, 6.45) is 1.83. The van der Waals surface area contributed by atoms with Gasteiger partial charge in [-0.3, -0.25) is 5.10 Å². The minimum Gasteiger partial charge on any atom is -0.471 e. The van der Waals surface area contributed by atoms with E-state index in [1.807, 2.05) is 61.5 Å². The molecule has 4 aromatic rings. The molecule has 1 aliphatic rings. The average Bonchev–Trinajstić information content (AvgIpc) is 3.55. The van der Waals surface area contributed by atoms with E-state index in [4.69, 9.17) is 9.73 Å². The van der Waals surface area contributed by atoms with Crippen molar-refractivity contribution in [2.45, 2.75) is 6.92 Å². The molecule has 0 spiro atoms. The van der Waals surface area contributed by atoms with Gasteiger partial charge >= 0.3 is 0 Å². The molecule has 0 bridgehead atoms. The molecule has 9 nitrogen and oxygen atoms in total. The fourth-order valence-electron chi connectivity index (χ4n) is 4.37. The predicted molar refractivity (Wildman–Crippen MR) is 150 cm³/mol. The zero-order valence-electron chi connectivity index (χ0n) is 21.5. The maximum absolute atomic E-state index is 14.5. The number of fused-ring (bicyclic) bond motifs is 1. The molecular formula is C28H31FN8O. The number of aryl methyl sites for hydroxylation is 1. The Morgan fingerprint density at radius 1 is 1.16 bits per heavy atom. The van der Waals surface area contributed by atoms with Gasteiger partial charge in [-0.1, -0.05) is 30.3 Å². The zero-order chi connectivity index (χ0) is 26.5. The summed E-state index contributed by atoms with van der Waals surface area (Å²) in [5.41, 5.74) is 3.29. The first-order chi connectivity index (χ1) is 18.5. The molecule has 5 rings (SSSR count). The van der Waals surface area contributed by atoms with Crippen molar-refractivity contribution in [2.24, 2.45) is 9.98 Å². The van der Waals surface area contributed by atoms with E-state index in [9.17, 15) is 4.39 Å². The van der Waals surface area contributed by atoms with Gasteiger partial charge in [-0.25, -0.2) is 14.4 Å². The lowest BCUT2D eigenvalue weighted by Gasteiger charge is -2.33. The number of rotatable bonds is 8. The summed E-state index contributed by atoms with van der Waals surface area (Å²) in [6, 6.07) is 16.9. The molecule has 1 saturated heterocycles. The Balaban J connectivity index is 1.35. The van der Waals surface area contributed by atoms with Crippen LogP contribution in [0.5, 0.6) is 5.75 Å². The third kappa shape index (κ3) is 5.92. The van der Waals surface area contributed by atoms with Gasteiger partial charge in [0.05, 0.1) is 11.2 Å². The summed E-state index contributed by atoms with van der Waals surface area (Å²) >= 11 is 0. The molecule has 1 aliphatic heterocycles. The molecule has 38 heavy (non-hydrogen) atoms.